The Bertz CT molecular complexity index is 700. The number of rotatable bonds is 8. The fraction of sp³-hybridized carbons (Fsp3) is 0.312. The first-order valence-corrected chi connectivity index (χ1v) is 7.53. The van der Waals surface area contributed by atoms with Crippen molar-refractivity contribution < 1.29 is 19.1 Å². The van der Waals surface area contributed by atoms with E-state index in [2.05, 4.69) is 20.7 Å². The summed E-state index contributed by atoms with van der Waals surface area (Å²) in [6, 6.07) is 5.92. The van der Waals surface area contributed by atoms with E-state index in [1.807, 2.05) is 0 Å². The van der Waals surface area contributed by atoms with Crippen molar-refractivity contribution in [1.29, 1.82) is 0 Å². The number of nitrogens with one attached hydrogen (secondary N) is 3. The Kier molecular flexibility index (Phi) is 6.63. The summed E-state index contributed by atoms with van der Waals surface area (Å²) in [5.74, 6) is 4.28. The quantitative estimate of drug-likeness (QED) is 0.231. The molecule has 25 heavy (non-hydrogen) atoms. The minimum Gasteiger partial charge on any atom is -0.352 e. The minimum absolute atomic E-state index is 0.229. The zero-order valence-corrected chi connectivity index (χ0v) is 14.0. The van der Waals surface area contributed by atoms with Crippen molar-refractivity contribution in [2.24, 2.45) is 5.84 Å². The third kappa shape index (κ3) is 4.86. The number of H-pyrrole nitrogens is 1. The summed E-state index contributed by atoms with van der Waals surface area (Å²) >= 11 is 0. The van der Waals surface area contributed by atoms with E-state index in [0.717, 1.165) is 0 Å². The lowest BCUT2D eigenvalue weighted by Gasteiger charge is -2.18. The monoisotopic (exact) mass is 347 g/mol. The Hall–Kier alpha value is -2.75. The van der Waals surface area contributed by atoms with E-state index in [-0.39, 0.29) is 6.42 Å². The van der Waals surface area contributed by atoms with Crippen LogP contribution in [0, 0.1) is 0 Å². The molecule has 0 spiro atoms. The molecule has 1 aromatic heterocycles. The van der Waals surface area contributed by atoms with E-state index in [9.17, 15) is 9.59 Å². The molecular weight excluding hydrogens is 326 g/mol. The summed E-state index contributed by atoms with van der Waals surface area (Å²) in [4.78, 5) is 31.2. The van der Waals surface area contributed by atoms with Crippen LogP contribution in [0.2, 0.25) is 0 Å². The van der Waals surface area contributed by atoms with Crippen molar-refractivity contribution in [3.8, 4) is 0 Å². The van der Waals surface area contributed by atoms with Crippen molar-refractivity contribution >= 4 is 11.8 Å². The molecular formula is C16H21N5O4. The second kappa shape index (κ2) is 8.92. The zero-order chi connectivity index (χ0) is 18.2. The normalized spacial score (nSPS) is 12.0. The molecule has 1 heterocycles. The van der Waals surface area contributed by atoms with Crippen LogP contribution in [0.15, 0.2) is 36.8 Å². The Labute approximate surface area is 144 Å². The summed E-state index contributed by atoms with van der Waals surface area (Å²) < 4.78 is 10.4. The van der Waals surface area contributed by atoms with E-state index in [4.69, 9.17) is 15.3 Å². The molecule has 2 amide bonds. The predicted molar refractivity (Wildman–Crippen MR) is 89.1 cm³/mol. The predicted octanol–water partition coefficient (Wildman–Crippen LogP) is 0.0321. The first kappa shape index (κ1) is 18.6. The Morgan fingerprint density at radius 2 is 2.08 bits per heavy atom. The lowest BCUT2D eigenvalue weighted by atomic mass is 10.1. The second-order valence-electron chi connectivity index (χ2n) is 5.24. The van der Waals surface area contributed by atoms with Crippen LogP contribution in [0.25, 0.3) is 0 Å². The third-order valence-electron chi connectivity index (χ3n) is 3.59. The van der Waals surface area contributed by atoms with Gasteiger partial charge in [0.2, 0.25) is 0 Å². The van der Waals surface area contributed by atoms with E-state index >= 15 is 0 Å². The number of aromatic amines is 1. The van der Waals surface area contributed by atoms with Crippen molar-refractivity contribution in [2.75, 3.05) is 14.2 Å². The molecule has 0 saturated heterocycles. The molecule has 0 fully saturated rings. The highest BCUT2D eigenvalue weighted by Crippen LogP contribution is 2.18. The van der Waals surface area contributed by atoms with Gasteiger partial charge < -0.3 is 19.8 Å². The van der Waals surface area contributed by atoms with Gasteiger partial charge in [0.05, 0.1) is 6.33 Å². The zero-order valence-electron chi connectivity index (χ0n) is 14.0. The number of methoxy groups -OCH3 is 2. The summed E-state index contributed by atoms with van der Waals surface area (Å²) in [6.45, 7) is 0. The van der Waals surface area contributed by atoms with Gasteiger partial charge in [-0.05, 0) is 12.1 Å². The Balaban J connectivity index is 2.14. The number of carbonyl (C=O) groups excluding carboxylic acids is 2. The number of nitrogens with zero attached hydrogens (tertiary/aromatic N) is 1. The number of aromatic nitrogens is 2. The molecule has 0 bridgehead atoms. The van der Waals surface area contributed by atoms with Crippen LogP contribution in [-0.4, -0.2) is 42.0 Å². The number of carbonyl (C=O) groups is 2. The maximum absolute atomic E-state index is 12.5. The lowest BCUT2D eigenvalue weighted by Crippen LogP contribution is -2.50. The van der Waals surface area contributed by atoms with E-state index in [0.29, 0.717) is 16.8 Å². The molecule has 2 rings (SSSR count). The average molecular weight is 347 g/mol. The highest BCUT2D eigenvalue weighted by molar-refractivity contribution is 5.97. The molecule has 1 atom stereocenters. The van der Waals surface area contributed by atoms with Crippen LogP contribution >= 0.6 is 0 Å². The number of hydrazine groups is 1. The van der Waals surface area contributed by atoms with Crippen LogP contribution in [0.5, 0.6) is 0 Å². The number of hydrogen-bond donors (Lipinski definition) is 4. The molecule has 1 aromatic carbocycles. The molecule has 0 unspecified atom stereocenters. The van der Waals surface area contributed by atoms with Crippen LogP contribution in [0.1, 0.15) is 27.9 Å². The van der Waals surface area contributed by atoms with Gasteiger partial charge in [0.15, 0.2) is 6.29 Å². The molecule has 9 nitrogen and oxygen atoms in total. The summed E-state index contributed by atoms with van der Waals surface area (Å²) in [7, 11) is 3.01. The average Bonchev–Trinajstić information content (AvgIpc) is 3.15. The standard InChI is InChI=1S/C16H21N5O4/c1-24-16(25-2)11-5-3-4-10(6-11)14(22)20-13(15(23)21-17)7-12-8-18-9-19-12/h3-6,8-9,13,16H,7,17H2,1-2H3,(H,18,19)(H,20,22)(H,21,23)/t13-/m0/s1. The van der Waals surface area contributed by atoms with Crippen molar-refractivity contribution in [2.45, 2.75) is 18.8 Å². The van der Waals surface area contributed by atoms with Gasteiger partial charge in [-0.2, -0.15) is 0 Å². The number of hydrogen-bond acceptors (Lipinski definition) is 6. The van der Waals surface area contributed by atoms with Crippen LogP contribution in [-0.2, 0) is 20.7 Å². The van der Waals surface area contributed by atoms with Crippen molar-refractivity contribution in [1.82, 2.24) is 20.7 Å². The Morgan fingerprint density at radius 1 is 1.32 bits per heavy atom. The minimum atomic E-state index is -0.845. The highest BCUT2D eigenvalue weighted by atomic mass is 16.7. The molecule has 0 saturated carbocycles. The van der Waals surface area contributed by atoms with Gasteiger partial charge in [-0.25, -0.2) is 10.8 Å². The van der Waals surface area contributed by atoms with E-state index in [1.165, 1.54) is 20.5 Å². The van der Waals surface area contributed by atoms with Gasteiger partial charge in [0.1, 0.15) is 6.04 Å². The molecule has 9 heteroatoms. The molecule has 0 aliphatic rings. The summed E-state index contributed by atoms with van der Waals surface area (Å²) in [5, 5.41) is 2.66. The maximum atomic E-state index is 12.5. The SMILES string of the molecule is COC(OC)c1cccc(C(=O)N[C@@H](Cc2cnc[nH]2)C(=O)NN)c1. The fourth-order valence-electron chi connectivity index (χ4n) is 2.36. The first-order chi connectivity index (χ1) is 12.1. The molecule has 2 aromatic rings. The van der Waals surface area contributed by atoms with E-state index < -0.39 is 24.1 Å². The number of amides is 2. The first-order valence-electron chi connectivity index (χ1n) is 7.53. The molecule has 0 aliphatic carbocycles. The largest absolute Gasteiger partial charge is 0.352 e. The van der Waals surface area contributed by atoms with Crippen LogP contribution in [0.4, 0.5) is 0 Å². The van der Waals surface area contributed by atoms with Crippen LogP contribution in [0.3, 0.4) is 0 Å². The molecule has 134 valence electrons. The van der Waals surface area contributed by atoms with Crippen molar-refractivity contribution in [3.05, 3.63) is 53.6 Å². The summed E-state index contributed by atoms with van der Waals surface area (Å²) in [6.07, 6.45) is 2.72. The van der Waals surface area contributed by atoms with Gasteiger partial charge in [-0.1, -0.05) is 12.1 Å². The molecule has 0 aliphatic heterocycles. The van der Waals surface area contributed by atoms with Crippen molar-refractivity contribution in [3.63, 3.8) is 0 Å². The summed E-state index contributed by atoms with van der Waals surface area (Å²) in [5.41, 5.74) is 3.81. The Morgan fingerprint density at radius 3 is 2.68 bits per heavy atom. The molecule has 0 radical (unpaired) electrons. The van der Waals surface area contributed by atoms with Gasteiger partial charge in [0.25, 0.3) is 11.8 Å². The van der Waals surface area contributed by atoms with Gasteiger partial charge >= 0.3 is 0 Å². The smallest absolute Gasteiger partial charge is 0.256 e. The lowest BCUT2D eigenvalue weighted by molar-refractivity contribution is -0.123. The number of ether oxygens (including phenoxy) is 2. The number of benzene rings is 1. The topological polar surface area (TPSA) is 131 Å². The highest BCUT2D eigenvalue weighted by Gasteiger charge is 2.22. The van der Waals surface area contributed by atoms with Gasteiger partial charge in [-0.15, -0.1) is 0 Å². The third-order valence-corrected chi connectivity index (χ3v) is 3.59. The second-order valence-corrected chi connectivity index (χ2v) is 5.24. The number of nitrogens with two attached hydrogens (primary N) is 1. The fourth-order valence-corrected chi connectivity index (χ4v) is 2.36. The molecule has 5 N–H and O–H groups in total. The van der Waals surface area contributed by atoms with Gasteiger partial charge in [0, 0.05) is 43.7 Å². The van der Waals surface area contributed by atoms with E-state index in [1.54, 1.807) is 30.5 Å². The van der Waals surface area contributed by atoms with Gasteiger partial charge in [-0.3, -0.25) is 15.0 Å². The number of imidazole rings is 1. The maximum Gasteiger partial charge on any atom is 0.256 e. The van der Waals surface area contributed by atoms with Crippen LogP contribution < -0.4 is 16.6 Å².